The predicted octanol–water partition coefficient (Wildman–Crippen LogP) is 4.56. The Morgan fingerprint density at radius 2 is 1.55 bits per heavy atom. The highest BCUT2D eigenvalue weighted by Crippen LogP contribution is 2.33. The van der Waals surface area contributed by atoms with E-state index in [-0.39, 0.29) is 38.7 Å². The number of halogens is 2. The van der Waals surface area contributed by atoms with Gasteiger partial charge in [0.25, 0.3) is 10.0 Å². The molecule has 1 aliphatic heterocycles. The van der Waals surface area contributed by atoms with E-state index in [1.54, 1.807) is 30.3 Å². The molecule has 1 amide bonds. The van der Waals surface area contributed by atoms with Crippen molar-refractivity contribution < 1.29 is 26.4 Å². The molecule has 40 heavy (non-hydrogen) atoms. The molecular weight excluding hydrogens is 597 g/mol. The molecule has 0 radical (unpaired) electrons. The van der Waals surface area contributed by atoms with E-state index in [4.69, 9.17) is 27.9 Å². The van der Waals surface area contributed by atoms with Crippen molar-refractivity contribution in [1.82, 2.24) is 9.62 Å². The van der Waals surface area contributed by atoms with Crippen molar-refractivity contribution in [1.29, 1.82) is 0 Å². The van der Waals surface area contributed by atoms with Gasteiger partial charge in [0.15, 0.2) is 0 Å². The fourth-order valence-electron chi connectivity index (χ4n) is 4.20. The highest BCUT2D eigenvalue weighted by molar-refractivity contribution is 7.93. The summed E-state index contributed by atoms with van der Waals surface area (Å²) in [7, 11) is -7.68. The lowest BCUT2D eigenvalue weighted by molar-refractivity contribution is -0.119. The molecule has 0 bridgehead atoms. The number of benzene rings is 3. The third-order valence-corrected chi connectivity index (χ3v) is 10.5. The molecule has 1 heterocycles. The van der Waals surface area contributed by atoms with Crippen molar-refractivity contribution >= 4 is 54.8 Å². The van der Waals surface area contributed by atoms with Crippen LogP contribution < -0.4 is 14.4 Å². The van der Waals surface area contributed by atoms with Crippen molar-refractivity contribution in [3.8, 4) is 5.75 Å². The van der Waals surface area contributed by atoms with Crippen LogP contribution in [0.4, 0.5) is 5.69 Å². The molecule has 13 heteroatoms. The average molecular weight is 627 g/mol. The molecule has 1 N–H and O–H groups in total. The Morgan fingerprint density at radius 1 is 0.875 bits per heavy atom. The molecule has 0 saturated carbocycles. The second-order valence-electron chi connectivity index (χ2n) is 9.06. The van der Waals surface area contributed by atoms with Gasteiger partial charge in [0.1, 0.15) is 18.9 Å². The molecule has 0 unspecified atom stereocenters. The van der Waals surface area contributed by atoms with Gasteiger partial charge in [0, 0.05) is 18.1 Å². The molecule has 3 aromatic carbocycles. The van der Waals surface area contributed by atoms with E-state index >= 15 is 0 Å². The van der Waals surface area contributed by atoms with Crippen LogP contribution in [0.15, 0.2) is 82.6 Å². The molecule has 3 aromatic rings. The third kappa shape index (κ3) is 7.27. The summed E-state index contributed by atoms with van der Waals surface area (Å²) in [5.41, 5.74) is 0.0732. The standard InChI is InChI=1S/C27H29Cl2N3O6S2/c28-21-9-14-25(29)26(19-21)32(40(36,37)23-7-3-1-4-8-23)20-27(33)30-15-18-38-22-10-12-24(13-11-22)39(34,35)31-16-5-2-6-17-31/h1,3-4,7-14,19H,2,5-6,15-18,20H2,(H,30,33). The molecule has 0 aromatic heterocycles. The zero-order valence-electron chi connectivity index (χ0n) is 21.5. The van der Waals surface area contributed by atoms with Gasteiger partial charge in [0.05, 0.1) is 27.0 Å². The molecule has 9 nitrogen and oxygen atoms in total. The lowest BCUT2D eigenvalue weighted by Gasteiger charge is -2.25. The second-order valence-corrected chi connectivity index (χ2v) is 13.7. The van der Waals surface area contributed by atoms with Crippen LogP contribution in [-0.2, 0) is 24.8 Å². The predicted molar refractivity (Wildman–Crippen MR) is 155 cm³/mol. The summed E-state index contributed by atoms with van der Waals surface area (Å²) in [6, 6.07) is 18.2. The monoisotopic (exact) mass is 625 g/mol. The van der Waals surface area contributed by atoms with Crippen molar-refractivity contribution in [3.05, 3.63) is 82.8 Å². The van der Waals surface area contributed by atoms with Crippen molar-refractivity contribution in [2.75, 3.05) is 37.1 Å². The maximum atomic E-state index is 13.4. The SMILES string of the molecule is O=C(CN(c1cc(Cl)ccc1Cl)S(=O)(=O)c1ccccc1)NCCOc1ccc(S(=O)(=O)N2CCCCC2)cc1. The zero-order chi connectivity index (χ0) is 28.8. The number of piperidine rings is 1. The topological polar surface area (TPSA) is 113 Å². The largest absolute Gasteiger partial charge is 0.492 e. The maximum Gasteiger partial charge on any atom is 0.264 e. The number of ether oxygens (including phenoxy) is 1. The van der Waals surface area contributed by atoms with Crippen LogP contribution in [0.1, 0.15) is 19.3 Å². The van der Waals surface area contributed by atoms with Crippen LogP contribution in [0.3, 0.4) is 0 Å². The number of nitrogens with one attached hydrogen (secondary N) is 1. The molecular formula is C27H29Cl2N3O6S2. The summed E-state index contributed by atoms with van der Waals surface area (Å²) < 4.78 is 60.5. The van der Waals surface area contributed by atoms with Crippen LogP contribution in [-0.4, -0.2) is 59.8 Å². The quantitative estimate of drug-likeness (QED) is 0.313. The van der Waals surface area contributed by atoms with Gasteiger partial charge in [0.2, 0.25) is 15.9 Å². The summed E-state index contributed by atoms with van der Waals surface area (Å²) >= 11 is 12.4. The van der Waals surface area contributed by atoms with Gasteiger partial charge in [-0.1, -0.05) is 47.8 Å². The van der Waals surface area contributed by atoms with Gasteiger partial charge < -0.3 is 10.1 Å². The number of carbonyl (C=O) groups excluding carboxylic acids is 1. The van der Waals surface area contributed by atoms with Crippen LogP contribution in [0.2, 0.25) is 10.0 Å². The van der Waals surface area contributed by atoms with E-state index in [1.807, 2.05) is 0 Å². The first-order valence-corrected chi connectivity index (χ1v) is 16.3. The number of carbonyl (C=O) groups is 1. The first-order chi connectivity index (χ1) is 19.1. The number of hydrogen-bond donors (Lipinski definition) is 1. The second kappa shape index (κ2) is 13.2. The van der Waals surface area contributed by atoms with E-state index in [1.165, 1.54) is 46.8 Å². The Labute approximate surface area is 244 Å². The highest BCUT2D eigenvalue weighted by atomic mass is 35.5. The minimum absolute atomic E-state index is 0.00655. The lowest BCUT2D eigenvalue weighted by atomic mass is 10.2. The van der Waals surface area contributed by atoms with E-state index in [2.05, 4.69) is 5.32 Å². The van der Waals surface area contributed by atoms with Gasteiger partial charge in [-0.3, -0.25) is 9.10 Å². The van der Waals surface area contributed by atoms with E-state index in [9.17, 15) is 21.6 Å². The molecule has 0 spiro atoms. The van der Waals surface area contributed by atoms with E-state index in [0.29, 0.717) is 18.8 Å². The molecule has 4 rings (SSSR count). The van der Waals surface area contributed by atoms with Gasteiger partial charge in [-0.05, 0) is 67.4 Å². The lowest BCUT2D eigenvalue weighted by Crippen LogP contribution is -2.42. The average Bonchev–Trinajstić information content (AvgIpc) is 2.96. The van der Waals surface area contributed by atoms with Gasteiger partial charge in [-0.2, -0.15) is 4.31 Å². The fraction of sp³-hybridized carbons (Fsp3) is 0.296. The van der Waals surface area contributed by atoms with Crippen LogP contribution in [0.5, 0.6) is 5.75 Å². The fourth-order valence-corrected chi connectivity index (χ4v) is 7.61. The maximum absolute atomic E-state index is 13.4. The number of hydrogen-bond acceptors (Lipinski definition) is 6. The molecule has 0 atom stereocenters. The zero-order valence-corrected chi connectivity index (χ0v) is 24.6. The van der Waals surface area contributed by atoms with Crippen LogP contribution in [0, 0.1) is 0 Å². The molecule has 1 saturated heterocycles. The molecule has 1 fully saturated rings. The Morgan fingerprint density at radius 3 is 2.23 bits per heavy atom. The van der Waals surface area contributed by atoms with Crippen molar-refractivity contribution in [2.24, 2.45) is 0 Å². The van der Waals surface area contributed by atoms with Crippen LogP contribution in [0.25, 0.3) is 0 Å². The van der Waals surface area contributed by atoms with Gasteiger partial charge in [-0.15, -0.1) is 0 Å². The number of rotatable bonds is 11. The van der Waals surface area contributed by atoms with E-state index in [0.717, 1.165) is 23.6 Å². The molecule has 1 aliphatic rings. The Kier molecular flexibility index (Phi) is 9.96. The Hall–Kier alpha value is -2.83. The first kappa shape index (κ1) is 30.1. The Balaban J connectivity index is 1.37. The smallest absolute Gasteiger partial charge is 0.264 e. The number of sulfonamides is 2. The molecule has 214 valence electrons. The summed E-state index contributed by atoms with van der Waals surface area (Å²) in [6.45, 7) is 0.657. The van der Waals surface area contributed by atoms with Gasteiger partial charge >= 0.3 is 0 Å². The summed E-state index contributed by atoms with van der Waals surface area (Å²) in [5, 5.41) is 3.02. The van der Waals surface area contributed by atoms with Crippen LogP contribution >= 0.6 is 23.2 Å². The number of amides is 1. The summed E-state index contributed by atoms with van der Waals surface area (Å²) in [5.74, 6) is -0.145. The third-order valence-electron chi connectivity index (χ3n) is 6.26. The van der Waals surface area contributed by atoms with Crippen molar-refractivity contribution in [3.63, 3.8) is 0 Å². The highest BCUT2D eigenvalue weighted by Gasteiger charge is 2.29. The van der Waals surface area contributed by atoms with Gasteiger partial charge in [-0.25, -0.2) is 16.8 Å². The summed E-state index contributed by atoms with van der Waals surface area (Å²) in [4.78, 5) is 13.0. The van der Waals surface area contributed by atoms with Crippen molar-refractivity contribution in [2.45, 2.75) is 29.1 Å². The molecule has 0 aliphatic carbocycles. The minimum Gasteiger partial charge on any atom is -0.492 e. The Bertz CT molecular complexity index is 1530. The number of anilines is 1. The normalized spacial score (nSPS) is 14.4. The summed E-state index contributed by atoms with van der Waals surface area (Å²) in [6.07, 6.45) is 2.74. The number of nitrogens with zero attached hydrogens (tertiary/aromatic N) is 2. The first-order valence-electron chi connectivity index (χ1n) is 12.6. The van der Waals surface area contributed by atoms with E-state index < -0.39 is 32.5 Å². The minimum atomic E-state index is -4.14.